The van der Waals surface area contributed by atoms with Gasteiger partial charge >= 0.3 is 5.97 Å². The van der Waals surface area contributed by atoms with Crippen LogP contribution in [0, 0.1) is 0 Å². The largest absolute Gasteiger partial charge is 0.366 e. The first kappa shape index (κ1) is 11.7. The lowest BCUT2D eigenvalue weighted by molar-refractivity contribution is 0.0163. The van der Waals surface area contributed by atoms with Gasteiger partial charge in [0.15, 0.2) is 0 Å². The number of rotatable bonds is 5. The van der Waals surface area contributed by atoms with Crippen molar-refractivity contribution >= 4 is 5.97 Å². The predicted octanol–water partition coefficient (Wildman–Crippen LogP) is 2.54. The van der Waals surface area contributed by atoms with Crippen LogP contribution < -0.4 is 5.48 Å². The molecule has 0 aliphatic carbocycles. The van der Waals surface area contributed by atoms with Crippen molar-refractivity contribution in [2.24, 2.45) is 0 Å². The van der Waals surface area contributed by atoms with Gasteiger partial charge in [0.25, 0.3) is 0 Å². The van der Waals surface area contributed by atoms with Crippen molar-refractivity contribution < 1.29 is 9.63 Å². The molecule has 0 bridgehead atoms. The van der Waals surface area contributed by atoms with E-state index >= 15 is 0 Å². The van der Waals surface area contributed by atoms with E-state index in [9.17, 15) is 4.79 Å². The van der Waals surface area contributed by atoms with E-state index in [2.05, 4.69) is 12.4 Å². The van der Waals surface area contributed by atoms with E-state index in [1.807, 2.05) is 25.1 Å². The molecule has 0 saturated carbocycles. The van der Waals surface area contributed by atoms with Crippen LogP contribution in [0.2, 0.25) is 0 Å². The number of hydroxylamine groups is 1. The summed E-state index contributed by atoms with van der Waals surface area (Å²) >= 11 is 0. The Kier molecular flexibility index (Phi) is 4.84. The van der Waals surface area contributed by atoms with Crippen molar-refractivity contribution in [1.82, 2.24) is 5.48 Å². The van der Waals surface area contributed by atoms with E-state index in [1.165, 1.54) is 0 Å². The van der Waals surface area contributed by atoms with Gasteiger partial charge in [-0.2, -0.15) is 0 Å². The van der Waals surface area contributed by atoms with Crippen LogP contribution in [0.4, 0.5) is 0 Å². The molecule has 0 spiro atoms. The summed E-state index contributed by atoms with van der Waals surface area (Å²) in [4.78, 5) is 16.4. The molecule has 82 valence electrons. The highest BCUT2D eigenvalue weighted by molar-refractivity contribution is 5.89. The molecule has 0 aliphatic rings. The van der Waals surface area contributed by atoms with E-state index < -0.39 is 0 Å². The Labute approximate surface area is 90.4 Å². The van der Waals surface area contributed by atoms with Gasteiger partial charge in [0.2, 0.25) is 0 Å². The minimum Gasteiger partial charge on any atom is -0.366 e. The lowest BCUT2D eigenvalue weighted by atomic mass is 10.2. The first-order valence-corrected chi connectivity index (χ1v) is 5.25. The Morgan fingerprint density at radius 1 is 1.40 bits per heavy atom. The highest BCUT2D eigenvalue weighted by Crippen LogP contribution is 2.01. The number of benzene rings is 1. The molecule has 0 aliphatic heterocycles. The topological polar surface area (TPSA) is 38.3 Å². The zero-order valence-electron chi connectivity index (χ0n) is 9.19. The maximum Gasteiger partial charge on any atom is 0.356 e. The fraction of sp³-hybridized carbons (Fsp3) is 0.417. The fourth-order valence-electron chi connectivity index (χ4n) is 1.28. The van der Waals surface area contributed by atoms with Crippen LogP contribution in [0.1, 0.15) is 37.0 Å². The molecule has 3 nitrogen and oxygen atoms in total. The minimum atomic E-state index is -0.335. The van der Waals surface area contributed by atoms with Gasteiger partial charge in [0.05, 0.1) is 5.56 Å². The molecule has 0 aromatic heterocycles. The maximum absolute atomic E-state index is 11.5. The zero-order chi connectivity index (χ0) is 11.1. The average Bonchev–Trinajstić information content (AvgIpc) is 2.27. The van der Waals surface area contributed by atoms with Crippen LogP contribution in [0.5, 0.6) is 0 Å². The van der Waals surface area contributed by atoms with Crippen LogP contribution in [0.3, 0.4) is 0 Å². The summed E-state index contributed by atoms with van der Waals surface area (Å²) in [6, 6.07) is 9.15. The highest BCUT2D eigenvalue weighted by Gasteiger charge is 2.07. The molecular weight excluding hydrogens is 190 g/mol. The molecule has 1 N–H and O–H groups in total. The number of hydrogen-bond donors (Lipinski definition) is 1. The van der Waals surface area contributed by atoms with E-state index in [0.29, 0.717) is 5.56 Å². The quantitative estimate of drug-likeness (QED) is 0.754. The molecule has 3 heteroatoms. The van der Waals surface area contributed by atoms with Crippen molar-refractivity contribution in [2.45, 2.75) is 32.7 Å². The molecule has 1 aromatic rings. The summed E-state index contributed by atoms with van der Waals surface area (Å²) in [7, 11) is 0. The van der Waals surface area contributed by atoms with Crippen molar-refractivity contribution in [2.75, 3.05) is 0 Å². The molecule has 0 saturated heterocycles. The molecule has 0 fully saturated rings. The third-order valence-electron chi connectivity index (χ3n) is 2.08. The molecule has 1 aromatic carbocycles. The van der Waals surface area contributed by atoms with Crippen molar-refractivity contribution in [1.29, 1.82) is 0 Å². The van der Waals surface area contributed by atoms with Gasteiger partial charge in [-0.1, -0.05) is 31.5 Å². The van der Waals surface area contributed by atoms with Gasteiger partial charge in [-0.3, -0.25) is 0 Å². The summed E-state index contributed by atoms with van der Waals surface area (Å²) in [6.45, 7) is 4.08. The molecule has 1 rings (SSSR count). The van der Waals surface area contributed by atoms with Gasteiger partial charge in [0, 0.05) is 6.04 Å². The third kappa shape index (κ3) is 4.13. The van der Waals surface area contributed by atoms with Gasteiger partial charge in [0.1, 0.15) is 0 Å². The normalized spacial score (nSPS) is 12.1. The van der Waals surface area contributed by atoms with Gasteiger partial charge in [-0.25, -0.2) is 4.79 Å². The van der Waals surface area contributed by atoms with E-state index in [4.69, 9.17) is 4.84 Å². The average molecular weight is 207 g/mol. The summed E-state index contributed by atoms with van der Waals surface area (Å²) in [6.07, 6.45) is 2.05. The molecule has 0 radical (unpaired) electrons. The predicted molar refractivity (Wildman–Crippen MR) is 59.4 cm³/mol. The summed E-state index contributed by atoms with van der Waals surface area (Å²) in [5, 5.41) is 0. The lowest BCUT2D eigenvalue weighted by Crippen LogP contribution is -2.29. The number of hydrogen-bond acceptors (Lipinski definition) is 3. The Hall–Kier alpha value is -1.35. The summed E-state index contributed by atoms with van der Waals surface area (Å²) in [5.41, 5.74) is 3.30. The molecule has 0 heterocycles. The van der Waals surface area contributed by atoms with E-state index in [0.717, 1.165) is 12.8 Å². The molecule has 0 amide bonds. The van der Waals surface area contributed by atoms with E-state index in [-0.39, 0.29) is 12.0 Å². The van der Waals surface area contributed by atoms with Crippen molar-refractivity contribution in [3.63, 3.8) is 0 Å². The maximum atomic E-state index is 11.5. The smallest absolute Gasteiger partial charge is 0.356 e. The molecular formula is C12H17NO2. The second-order valence-electron chi connectivity index (χ2n) is 3.56. The van der Waals surface area contributed by atoms with Crippen LogP contribution in [0.25, 0.3) is 0 Å². The number of carbonyl (C=O) groups is 1. The second-order valence-corrected chi connectivity index (χ2v) is 3.56. The van der Waals surface area contributed by atoms with Gasteiger partial charge < -0.3 is 4.84 Å². The summed E-state index contributed by atoms with van der Waals surface area (Å²) < 4.78 is 0. The zero-order valence-corrected chi connectivity index (χ0v) is 9.19. The summed E-state index contributed by atoms with van der Waals surface area (Å²) in [5.74, 6) is -0.335. The molecule has 1 atom stereocenters. The van der Waals surface area contributed by atoms with Gasteiger partial charge in [-0.15, -0.1) is 5.48 Å². The van der Waals surface area contributed by atoms with Crippen molar-refractivity contribution in [3.8, 4) is 0 Å². The Morgan fingerprint density at radius 3 is 2.67 bits per heavy atom. The van der Waals surface area contributed by atoms with Crippen molar-refractivity contribution in [3.05, 3.63) is 35.9 Å². The van der Waals surface area contributed by atoms with E-state index in [1.54, 1.807) is 12.1 Å². The number of nitrogens with one attached hydrogen (secondary N) is 1. The second kappa shape index (κ2) is 6.19. The molecule has 1 unspecified atom stereocenters. The fourth-order valence-corrected chi connectivity index (χ4v) is 1.28. The van der Waals surface area contributed by atoms with Crippen LogP contribution in [-0.2, 0) is 4.84 Å². The first-order valence-electron chi connectivity index (χ1n) is 5.25. The first-order chi connectivity index (χ1) is 7.24. The van der Waals surface area contributed by atoms with Crippen LogP contribution >= 0.6 is 0 Å². The Morgan fingerprint density at radius 2 is 2.07 bits per heavy atom. The third-order valence-corrected chi connectivity index (χ3v) is 2.08. The van der Waals surface area contributed by atoms with Gasteiger partial charge in [-0.05, 0) is 25.5 Å². The number of carbonyl (C=O) groups excluding carboxylic acids is 1. The molecule has 15 heavy (non-hydrogen) atoms. The standard InChI is InChI=1S/C12H17NO2/c1-3-7-10(2)13-15-12(14)11-8-5-4-6-9-11/h4-6,8-10,13H,3,7H2,1-2H3. The highest BCUT2D eigenvalue weighted by atomic mass is 16.7. The SMILES string of the molecule is CCCC(C)NOC(=O)c1ccccc1. The monoisotopic (exact) mass is 207 g/mol. The Balaban J connectivity index is 2.37. The minimum absolute atomic E-state index is 0.197. The van der Waals surface area contributed by atoms with Crippen LogP contribution in [0.15, 0.2) is 30.3 Å². The Bertz CT molecular complexity index is 298. The van der Waals surface area contributed by atoms with Crippen LogP contribution in [-0.4, -0.2) is 12.0 Å². The lowest BCUT2D eigenvalue weighted by Gasteiger charge is -2.11.